The number of aliphatic hydroxyl groups excluding tert-OH is 1. The monoisotopic (exact) mass is 610 g/mol. The van der Waals surface area contributed by atoms with E-state index in [0.29, 0.717) is 18.6 Å². The summed E-state index contributed by atoms with van der Waals surface area (Å²) in [5.41, 5.74) is 2.78. The molecule has 1 aliphatic heterocycles. The number of ketones is 1. The third-order valence-electron chi connectivity index (χ3n) is 10.4. The molecule has 8 heteroatoms. The molecule has 1 saturated carbocycles. The first kappa shape index (κ1) is 32.4. The zero-order valence-electron chi connectivity index (χ0n) is 26.6. The molecule has 3 aliphatic carbocycles. The molecular weight excluding hydrogens is 563 g/mol. The Balaban J connectivity index is 1.51. The number of esters is 1. The van der Waals surface area contributed by atoms with Crippen LogP contribution >= 0.6 is 0 Å². The molecule has 2 fully saturated rings. The van der Waals surface area contributed by atoms with Crippen LogP contribution < -0.4 is 0 Å². The minimum Gasteiger partial charge on any atom is -0.498 e. The molecule has 0 aromatic heterocycles. The van der Waals surface area contributed by atoms with Crippen LogP contribution in [-0.2, 0) is 28.5 Å². The standard InChI is InChI=1S/C36H47FO7/c1-6-24-10-8-7-9-20(2)34(39)32-18-30-28-16-25(44-36(40)35(42-5)21(3)41-4)15-27(28)26(22-11-13-23(37)14-12-22)17-29(30)31(32)19-33(38)43-24/h11-14,17-18,20,24-28,30-31,36,40H,6-10,15-16,19H2,1-5H3/b35-21+/t20-,24+,25-,26?,27?,28-,30+,31+,36+/m1/s1. The van der Waals surface area contributed by atoms with Crippen molar-refractivity contribution in [2.45, 2.75) is 96.6 Å². The second-order valence-electron chi connectivity index (χ2n) is 13.0. The number of carbonyl (C=O) groups excluding carboxylic acids is 2. The van der Waals surface area contributed by atoms with E-state index in [-0.39, 0.29) is 77.5 Å². The molecule has 1 aromatic carbocycles. The highest BCUT2D eigenvalue weighted by atomic mass is 19.1. The number of methoxy groups -OCH3 is 2. The van der Waals surface area contributed by atoms with Crippen molar-refractivity contribution in [2.75, 3.05) is 14.2 Å². The second kappa shape index (κ2) is 14.0. The van der Waals surface area contributed by atoms with Gasteiger partial charge in [0.1, 0.15) is 17.7 Å². The zero-order chi connectivity index (χ0) is 31.5. The van der Waals surface area contributed by atoms with Crippen molar-refractivity contribution in [3.05, 3.63) is 70.5 Å². The lowest BCUT2D eigenvalue weighted by Crippen LogP contribution is -2.30. The first-order chi connectivity index (χ1) is 21.1. The van der Waals surface area contributed by atoms with Crippen molar-refractivity contribution in [3.8, 4) is 0 Å². The topological polar surface area (TPSA) is 91.3 Å². The van der Waals surface area contributed by atoms with Gasteiger partial charge < -0.3 is 24.1 Å². The third-order valence-corrected chi connectivity index (χ3v) is 10.4. The minimum absolute atomic E-state index is 0.0309. The highest BCUT2D eigenvalue weighted by molar-refractivity contribution is 5.99. The fourth-order valence-corrected chi connectivity index (χ4v) is 7.99. The van der Waals surface area contributed by atoms with Crippen molar-refractivity contribution < 1.29 is 38.0 Å². The quantitative estimate of drug-likeness (QED) is 0.158. The van der Waals surface area contributed by atoms with Crippen LogP contribution in [0.5, 0.6) is 0 Å². The predicted molar refractivity (Wildman–Crippen MR) is 164 cm³/mol. The Morgan fingerprint density at radius 2 is 1.70 bits per heavy atom. The summed E-state index contributed by atoms with van der Waals surface area (Å²) in [7, 11) is 2.98. The van der Waals surface area contributed by atoms with E-state index in [9.17, 15) is 19.1 Å². The summed E-state index contributed by atoms with van der Waals surface area (Å²) in [5.74, 6) is -0.108. The smallest absolute Gasteiger partial charge is 0.307 e. The molecule has 7 nitrogen and oxygen atoms in total. The summed E-state index contributed by atoms with van der Waals surface area (Å²) in [5, 5.41) is 10.9. The van der Waals surface area contributed by atoms with Gasteiger partial charge in [-0.2, -0.15) is 0 Å². The van der Waals surface area contributed by atoms with Gasteiger partial charge in [-0.25, -0.2) is 4.39 Å². The SMILES string of the molecule is CC[C@H]1CCCC[C@@H](C)C(=O)C2=C[C@@H]3C(=CC(c4ccc(F)cc4)C4C[C@@H](O[C@H](O)/C(OC)=C(/C)OC)C[C@H]43)[C@@H]2CC(=O)O1. The van der Waals surface area contributed by atoms with Gasteiger partial charge in [-0.05, 0) is 80.6 Å². The predicted octanol–water partition coefficient (Wildman–Crippen LogP) is 6.77. The number of halogens is 1. The molecule has 2 unspecified atom stereocenters. The molecule has 0 amide bonds. The number of carbonyl (C=O) groups is 2. The third kappa shape index (κ3) is 6.66. The van der Waals surface area contributed by atoms with Gasteiger partial charge in [-0.15, -0.1) is 0 Å². The van der Waals surface area contributed by atoms with Crippen LogP contribution in [0, 0.1) is 35.4 Å². The molecule has 1 aromatic rings. The number of rotatable bonds is 7. The van der Waals surface area contributed by atoms with Crippen LogP contribution in [0.15, 0.2) is 59.1 Å². The summed E-state index contributed by atoms with van der Waals surface area (Å²) in [4.78, 5) is 27.3. The molecule has 9 atom stereocenters. The number of hydrogen-bond acceptors (Lipinski definition) is 7. The van der Waals surface area contributed by atoms with Gasteiger partial charge in [-0.3, -0.25) is 9.59 Å². The molecule has 0 spiro atoms. The van der Waals surface area contributed by atoms with Crippen LogP contribution in [0.4, 0.5) is 4.39 Å². The molecule has 0 radical (unpaired) electrons. The molecule has 4 aliphatic rings. The lowest BCUT2D eigenvalue weighted by molar-refractivity contribution is -0.150. The highest BCUT2D eigenvalue weighted by Crippen LogP contribution is 2.58. The molecule has 5 rings (SSSR count). The first-order valence-corrected chi connectivity index (χ1v) is 16.2. The second-order valence-corrected chi connectivity index (χ2v) is 13.0. The Morgan fingerprint density at radius 1 is 1.02 bits per heavy atom. The average Bonchev–Trinajstić information content (AvgIpc) is 3.59. The van der Waals surface area contributed by atoms with Crippen LogP contribution in [0.3, 0.4) is 0 Å². The number of benzene rings is 1. The van der Waals surface area contributed by atoms with Gasteiger partial charge in [-0.1, -0.05) is 50.1 Å². The lowest BCUT2D eigenvalue weighted by atomic mass is 9.66. The maximum atomic E-state index is 14.0. The van der Waals surface area contributed by atoms with Gasteiger partial charge in [0.15, 0.2) is 11.5 Å². The van der Waals surface area contributed by atoms with Crippen molar-refractivity contribution in [2.24, 2.45) is 29.6 Å². The lowest BCUT2D eigenvalue weighted by Gasteiger charge is -2.38. The summed E-state index contributed by atoms with van der Waals surface area (Å²) in [6.07, 6.45) is 8.39. The van der Waals surface area contributed by atoms with Crippen LogP contribution in [0.25, 0.3) is 0 Å². The molecule has 0 bridgehead atoms. The fraction of sp³-hybridized carbons (Fsp3) is 0.611. The number of hydrogen-bond donors (Lipinski definition) is 1. The highest BCUT2D eigenvalue weighted by Gasteiger charge is 2.51. The number of cyclic esters (lactones) is 1. The molecule has 1 N–H and O–H groups in total. The van der Waals surface area contributed by atoms with E-state index in [4.69, 9.17) is 18.9 Å². The van der Waals surface area contributed by atoms with Crippen LogP contribution in [0.2, 0.25) is 0 Å². The summed E-state index contributed by atoms with van der Waals surface area (Å²) in [6.45, 7) is 5.76. The van der Waals surface area contributed by atoms with E-state index >= 15 is 0 Å². The number of Topliss-reactive ketones (excluding diaryl/α,β-unsaturated/α-hetero) is 1. The maximum Gasteiger partial charge on any atom is 0.307 e. The molecular formula is C36H47FO7. The van der Waals surface area contributed by atoms with Crippen LogP contribution in [-0.4, -0.2) is 49.6 Å². The molecule has 44 heavy (non-hydrogen) atoms. The average molecular weight is 611 g/mol. The van der Waals surface area contributed by atoms with Crippen molar-refractivity contribution >= 4 is 11.8 Å². The number of aliphatic hydroxyl groups is 1. The Kier molecular flexibility index (Phi) is 10.3. The Labute approximate surface area is 260 Å². The zero-order valence-corrected chi connectivity index (χ0v) is 26.6. The van der Waals surface area contributed by atoms with Crippen molar-refractivity contribution in [3.63, 3.8) is 0 Å². The van der Waals surface area contributed by atoms with E-state index in [1.54, 1.807) is 6.92 Å². The fourth-order valence-electron chi connectivity index (χ4n) is 7.99. The van der Waals surface area contributed by atoms with E-state index in [1.807, 2.05) is 26.0 Å². The van der Waals surface area contributed by atoms with E-state index in [0.717, 1.165) is 48.8 Å². The number of allylic oxidation sites excluding steroid dienone is 5. The van der Waals surface area contributed by atoms with E-state index < -0.39 is 6.29 Å². The van der Waals surface area contributed by atoms with Gasteiger partial charge in [0.2, 0.25) is 6.29 Å². The molecule has 1 heterocycles. The van der Waals surface area contributed by atoms with Gasteiger partial charge >= 0.3 is 5.97 Å². The van der Waals surface area contributed by atoms with Gasteiger partial charge in [0.25, 0.3) is 0 Å². The first-order valence-electron chi connectivity index (χ1n) is 16.2. The minimum atomic E-state index is -1.29. The summed E-state index contributed by atoms with van der Waals surface area (Å²) in [6, 6.07) is 6.60. The summed E-state index contributed by atoms with van der Waals surface area (Å²) >= 11 is 0. The van der Waals surface area contributed by atoms with Crippen molar-refractivity contribution in [1.82, 2.24) is 0 Å². The van der Waals surface area contributed by atoms with Gasteiger partial charge in [0.05, 0.1) is 26.7 Å². The van der Waals surface area contributed by atoms with E-state index in [2.05, 4.69) is 12.2 Å². The van der Waals surface area contributed by atoms with Crippen LogP contribution in [0.1, 0.15) is 83.6 Å². The summed E-state index contributed by atoms with van der Waals surface area (Å²) < 4.78 is 36.7. The Bertz CT molecular complexity index is 1300. The van der Waals surface area contributed by atoms with Gasteiger partial charge in [0, 0.05) is 23.7 Å². The Morgan fingerprint density at radius 3 is 2.36 bits per heavy atom. The largest absolute Gasteiger partial charge is 0.498 e. The maximum absolute atomic E-state index is 14.0. The molecule has 1 saturated heterocycles. The normalized spacial score (nSPS) is 33.7. The van der Waals surface area contributed by atoms with E-state index in [1.165, 1.54) is 26.4 Å². The Hall–Kier alpha value is -2.97. The van der Waals surface area contributed by atoms with Crippen molar-refractivity contribution in [1.29, 1.82) is 0 Å². The number of fused-ring (bicyclic) bond motifs is 5. The number of ether oxygens (including phenoxy) is 4. The molecule has 240 valence electrons.